The number of hydrogen-bond acceptors (Lipinski definition) is 4. The zero-order valence-corrected chi connectivity index (χ0v) is 12.2. The quantitative estimate of drug-likeness (QED) is 0.936. The third-order valence-corrected chi connectivity index (χ3v) is 4.02. The van der Waals surface area contributed by atoms with E-state index >= 15 is 0 Å². The molecule has 1 saturated heterocycles. The van der Waals surface area contributed by atoms with E-state index in [0.717, 1.165) is 31.0 Å². The molecule has 0 aliphatic carbocycles. The Morgan fingerprint density at radius 3 is 2.86 bits per heavy atom. The summed E-state index contributed by atoms with van der Waals surface area (Å²) in [4.78, 5) is 9.07. The van der Waals surface area contributed by atoms with E-state index < -0.39 is 0 Å². The number of likely N-dealkylation sites (N-methyl/N-ethyl adjacent to an activating group) is 1. The standard InChI is InChI=1S/C17H21N3O/c1-19-10-11-20(17-15(13-21)8-5-9-18-17)16(12-19)14-6-3-2-4-7-14/h2-9,16,21H,10-13H2,1H3/i2D. The monoisotopic (exact) mass is 284 g/mol. The lowest BCUT2D eigenvalue weighted by atomic mass is 10.0. The zero-order valence-electron chi connectivity index (χ0n) is 13.2. The van der Waals surface area contributed by atoms with Gasteiger partial charge in [0.05, 0.1) is 14.0 Å². The van der Waals surface area contributed by atoms with E-state index in [0.29, 0.717) is 6.04 Å². The first-order chi connectivity index (χ1) is 10.7. The SMILES string of the molecule is [2H]c1ccc(C2CN(C)CCN2c2ncccc2CO)cc1. The van der Waals surface area contributed by atoms with Crippen molar-refractivity contribution in [3.63, 3.8) is 0 Å². The predicted molar refractivity (Wildman–Crippen MR) is 84.2 cm³/mol. The molecule has 1 aromatic heterocycles. The maximum atomic E-state index is 9.59. The molecule has 2 heterocycles. The third kappa shape index (κ3) is 2.91. The Labute approximate surface area is 127 Å². The zero-order chi connectivity index (χ0) is 15.5. The number of hydrogen-bond donors (Lipinski definition) is 1. The number of benzene rings is 1. The minimum absolute atomic E-state index is 0.00606. The van der Waals surface area contributed by atoms with E-state index in [2.05, 4.69) is 21.8 Å². The number of rotatable bonds is 3. The molecule has 1 N–H and O–H groups in total. The van der Waals surface area contributed by atoms with Crippen LogP contribution in [0.3, 0.4) is 0 Å². The summed E-state index contributed by atoms with van der Waals surface area (Å²) in [6.45, 7) is 2.73. The van der Waals surface area contributed by atoms with Gasteiger partial charge in [-0.05, 0) is 18.7 Å². The van der Waals surface area contributed by atoms with Gasteiger partial charge in [0, 0.05) is 31.4 Å². The van der Waals surface area contributed by atoms with Gasteiger partial charge in [-0.25, -0.2) is 4.98 Å². The molecule has 21 heavy (non-hydrogen) atoms. The van der Waals surface area contributed by atoms with Crippen molar-refractivity contribution >= 4 is 5.82 Å². The van der Waals surface area contributed by atoms with Crippen LogP contribution in [0.5, 0.6) is 0 Å². The van der Waals surface area contributed by atoms with Crippen LogP contribution in [-0.2, 0) is 6.61 Å². The largest absolute Gasteiger partial charge is 0.392 e. The van der Waals surface area contributed by atoms with E-state index in [9.17, 15) is 5.11 Å². The topological polar surface area (TPSA) is 39.6 Å². The van der Waals surface area contributed by atoms with E-state index in [1.165, 1.54) is 5.56 Å². The highest BCUT2D eigenvalue weighted by Gasteiger charge is 2.28. The molecule has 0 radical (unpaired) electrons. The number of piperazine rings is 1. The summed E-state index contributed by atoms with van der Waals surface area (Å²) in [7, 11) is 2.12. The normalized spacial score (nSPS) is 20.4. The molecule has 110 valence electrons. The van der Waals surface area contributed by atoms with E-state index in [-0.39, 0.29) is 12.6 Å². The number of aliphatic hydroxyl groups excluding tert-OH is 1. The molecule has 1 aliphatic heterocycles. The van der Waals surface area contributed by atoms with Crippen LogP contribution in [0.15, 0.2) is 48.6 Å². The summed E-state index contributed by atoms with van der Waals surface area (Å²) in [6.07, 6.45) is 1.77. The fraction of sp³-hybridized carbons (Fsp3) is 0.353. The van der Waals surface area contributed by atoms with Gasteiger partial charge in [0.2, 0.25) is 0 Å². The number of aliphatic hydroxyl groups is 1. The molecule has 4 nitrogen and oxygen atoms in total. The average Bonchev–Trinajstić information content (AvgIpc) is 2.55. The Hall–Kier alpha value is -1.91. The first-order valence-electron chi connectivity index (χ1n) is 7.75. The second-order valence-corrected chi connectivity index (χ2v) is 5.45. The van der Waals surface area contributed by atoms with E-state index in [1.807, 2.05) is 36.4 Å². The Balaban J connectivity index is 1.98. The van der Waals surface area contributed by atoms with E-state index in [4.69, 9.17) is 1.37 Å². The lowest BCUT2D eigenvalue weighted by Gasteiger charge is -2.41. The molecule has 1 atom stereocenters. The smallest absolute Gasteiger partial charge is 0.134 e. The molecular formula is C17H21N3O. The highest BCUT2D eigenvalue weighted by Crippen LogP contribution is 2.31. The molecule has 1 aromatic carbocycles. The van der Waals surface area contributed by atoms with Gasteiger partial charge in [-0.1, -0.05) is 36.4 Å². The van der Waals surface area contributed by atoms with Crippen LogP contribution in [0.1, 0.15) is 18.5 Å². The van der Waals surface area contributed by atoms with Crippen LogP contribution in [0.4, 0.5) is 5.82 Å². The van der Waals surface area contributed by atoms with Gasteiger partial charge in [-0.3, -0.25) is 0 Å². The lowest BCUT2D eigenvalue weighted by molar-refractivity contribution is 0.262. The lowest BCUT2D eigenvalue weighted by Crippen LogP contribution is -2.47. The molecule has 0 saturated carbocycles. The summed E-state index contributed by atoms with van der Waals surface area (Å²) >= 11 is 0. The number of pyridine rings is 1. The maximum absolute atomic E-state index is 9.59. The molecule has 0 bridgehead atoms. The molecule has 0 amide bonds. The van der Waals surface area contributed by atoms with Crippen molar-refractivity contribution < 1.29 is 6.48 Å². The van der Waals surface area contributed by atoms with E-state index in [1.54, 1.807) is 6.20 Å². The van der Waals surface area contributed by atoms with Crippen LogP contribution in [-0.4, -0.2) is 41.7 Å². The minimum atomic E-state index is -0.00606. The number of anilines is 1. The highest BCUT2D eigenvalue weighted by atomic mass is 16.3. The molecule has 1 fully saturated rings. The first kappa shape index (κ1) is 12.8. The van der Waals surface area contributed by atoms with Crippen LogP contribution in [0.25, 0.3) is 0 Å². The van der Waals surface area contributed by atoms with Crippen molar-refractivity contribution in [2.75, 3.05) is 31.6 Å². The van der Waals surface area contributed by atoms with Gasteiger partial charge in [-0.2, -0.15) is 0 Å². The molecule has 4 heteroatoms. The van der Waals surface area contributed by atoms with Gasteiger partial charge >= 0.3 is 0 Å². The molecule has 1 unspecified atom stereocenters. The van der Waals surface area contributed by atoms with Crippen LogP contribution in [0, 0.1) is 0 Å². The van der Waals surface area contributed by atoms with Crippen LogP contribution < -0.4 is 4.90 Å². The fourth-order valence-electron chi connectivity index (χ4n) is 2.89. The molecule has 0 spiro atoms. The average molecular weight is 284 g/mol. The summed E-state index contributed by atoms with van der Waals surface area (Å²) in [5, 5.41) is 9.59. The Morgan fingerprint density at radius 2 is 2.10 bits per heavy atom. The predicted octanol–water partition coefficient (Wildman–Crippen LogP) is 2.07. The van der Waals surface area contributed by atoms with Crippen molar-refractivity contribution in [3.05, 3.63) is 59.8 Å². The molecular weight excluding hydrogens is 262 g/mol. The van der Waals surface area contributed by atoms with Crippen LogP contribution >= 0.6 is 0 Å². The van der Waals surface area contributed by atoms with Gasteiger partial charge in [-0.15, -0.1) is 0 Å². The summed E-state index contributed by atoms with van der Waals surface area (Å²) in [6, 6.07) is 12.2. The Kier molecular flexibility index (Phi) is 3.81. The number of nitrogens with zero attached hydrogens (tertiary/aromatic N) is 3. The summed E-state index contributed by atoms with van der Waals surface area (Å²) in [5.41, 5.74) is 2.03. The van der Waals surface area contributed by atoms with Crippen molar-refractivity contribution in [2.45, 2.75) is 12.6 Å². The molecule has 3 rings (SSSR count). The molecule has 2 aromatic rings. The van der Waals surface area contributed by atoms with Crippen molar-refractivity contribution in [2.24, 2.45) is 0 Å². The minimum Gasteiger partial charge on any atom is -0.392 e. The Bertz CT molecular complexity index is 632. The fourth-order valence-corrected chi connectivity index (χ4v) is 2.89. The van der Waals surface area contributed by atoms with Crippen molar-refractivity contribution in [1.82, 2.24) is 9.88 Å². The second kappa shape index (κ2) is 6.24. The summed E-state index contributed by atoms with van der Waals surface area (Å²) in [5.74, 6) is 0.859. The number of aromatic nitrogens is 1. The van der Waals surface area contributed by atoms with Gasteiger partial charge < -0.3 is 14.9 Å². The van der Waals surface area contributed by atoms with Gasteiger partial charge in [0.15, 0.2) is 0 Å². The summed E-state index contributed by atoms with van der Waals surface area (Å²) < 4.78 is 7.65. The van der Waals surface area contributed by atoms with Crippen LogP contribution in [0.2, 0.25) is 0 Å². The molecule has 1 aliphatic rings. The van der Waals surface area contributed by atoms with Gasteiger partial charge in [0.25, 0.3) is 0 Å². The maximum Gasteiger partial charge on any atom is 0.134 e. The van der Waals surface area contributed by atoms with Gasteiger partial charge in [0.1, 0.15) is 5.82 Å². The second-order valence-electron chi connectivity index (χ2n) is 5.45. The third-order valence-electron chi connectivity index (χ3n) is 4.02. The Morgan fingerprint density at radius 1 is 1.29 bits per heavy atom. The first-order valence-corrected chi connectivity index (χ1v) is 7.25. The highest BCUT2D eigenvalue weighted by molar-refractivity contribution is 5.49. The van der Waals surface area contributed by atoms with Crippen molar-refractivity contribution in [3.8, 4) is 0 Å². The van der Waals surface area contributed by atoms with Crippen molar-refractivity contribution in [1.29, 1.82) is 0 Å².